The van der Waals surface area contributed by atoms with Gasteiger partial charge in [-0.05, 0) is 34.1 Å². The maximum atomic E-state index is 14.9. The molecule has 4 aromatic rings. The van der Waals surface area contributed by atoms with Gasteiger partial charge in [0.15, 0.2) is 0 Å². The van der Waals surface area contributed by atoms with Crippen LogP contribution in [0.15, 0.2) is 47.5 Å². The van der Waals surface area contributed by atoms with Gasteiger partial charge in [-0.15, -0.1) is 0 Å². The minimum atomic E-state index is -0.477. The number of nitrogens with zero attached hydrogens (tertiary/aromatic N) is 4. The number of halogens is 3. The van der Waals surface area contributed by atoms with E-state index >= 15 is 0 Å². The number of hydrogen-bond acceptors (Lipinski definition) is 4. The number of fused-ring (bicyclic) bond motifs is 1. The van der Waals surface area contributed by atoms with Crippen LogP contribution in [0, 0.1) is 5.82 Å². The second-order valence-corrected chi connectivity index (χ2v) is 7.15. The molecule has 142 valence electrons. The largest absolute Gasteiger partial charge is 0.465 e. The molecule has 0 atom stereocenters. The number of methoxy groups -OCH3 is 1. The highest BCUT2D eigenvalue weighted by molar-refractivity contribution is 9.10. The first-order valence-corrected chi connectivity index (χ1v) is 9.31. The molecule has 0 N–H and O–H groups in total. The van der Waals surface area contributed by atoms with E-state index in [1.165, 1.54) is 13.2 Å². The van der Waals surface area contributed by atoms with E-state index in [9.17, 15) is 9.18 Å². The van der Waals surface area contributed by atoms with Crippen LogP contribution in [0.4, 0.5) is 4.39 Å². The van der Waals surface area contributed by atoms with Crippen molar-refractivity contribution < 1.29 is 13.9 Å². The number of imidazole rings is 2. The molecule has 28 heavy (non-hydrogen) atoms. The maximum Gasteiger partial charge on any atom is 0.338 e. The molecule has 0 aliphatic heterocycles. The second kappa shape index (κ2) is 7.03. The van der Waals surface area contributed by atoms with Gasteiger partial charge in [0, 0.05) is 24.4 Å². The van der Waals surface area contributed by atoms with Crippen molar-refractivity contribution in [3.05, 3.63) is 64.0 Å². The van der Waals surface area contributed by atoms with E-state index in [-0.39, 0.29) is 5.56 Å². The molecule has 3 heterocycles. The zero-order chi connectivity index (χ0) is 20.0. The van der Waals surface area contributed by atoms with E-state index in [1.54, 1.807) is 52.8 Å². The smallest absolute Gasteiger partial charge is 0.338 e. The predicted octanol–water partition coefficient (Wildman–Crippen LogP) is 4.74. The zero-order valence-corrected chi connectivity index (χ0v) is 17.1. The number of carbonyl (C=O) groups excluding carboxylic acids is 1. The topological polar surface area (TPSA) is 61.4 Å². The second-order valence-electron chi connectivity index (χ2n) is 6.04. The van der Waals surface area contributed by atoms with Crippen LogP contribution >= 0.6 is 27.5 Å². The SMILES string of the molecule is COC(=O)c1ccn2c(Br)c(-c3c(F)cccc3-c3ncn(C)c3Cl)nc2c1. The van der Waals surface area contributed by atoms with Crippen molar-refractivity contribution in [2.24, 2.45) is 7.05 Å². The monoisotopic (exact) mass is 462 g/mol. The molecule has 1 aromatic carbocycles. The third kappa shape index (κ3) is 2.89. The van der Waals surface area contributed by atoms with Gasteiger partial charge in [0.2, 0.25) is 0 Å². The lowest BCUT2D eigenvalue weighted by molar-refractivity contribution is 0.0600. The summed E-state index contributed by atoms with van der Waals surface area (Å²) in [6.45, 7) is 0. The lowest BCUT2D eigenvalue weighted by Gasteiger charge is -2.08. The summed E-state index contributed by atoms with van der Waals surface area (Å²) in [6.07, 6.45) is 3.23. The summed E-state index contributed by atoms with van der Waals surface area (Å²) < 4.78 is 23.5. The Morgan fingerprint density at radius 3 is 2.75 bits per heavy atom. The number of hydrogen-bond donors (Lipinski definition) is 0. The minimum Gasteiger partial charge on any atom is -0.465 e. The highest BCUT2D eigenvalue weighted by Gasteiger charge is 2.23. The Bertz CT molecular complexity index is 1230. The number of ether oxygens (including phenoxy) is 1. The van der Waals surface area contributed by atoms with E-state index in [4.69, 9.17) is 16.3 Å². The highest BCUT2D eigenvalue weighted by atomic mass is 79.9. The molecular formula is C19H13BrClFN4O2. The number of aryl methyl sites for hydroxylation is 1. The van der Waals surface area contributed by atoms with Gasteiger partial charge in [-0.2, -0.15) is 0 Å². The molecule has 6 nitrogen and oxygen atoms in total. The molecule has 0 aliphatic rings. The molecule has 3 aromatic heterocycles. The molecule has 0 bridgehead atoms. The Morgan fingerprint density at radius 1 is 1.29 bits per heavy atom. The van der Waals surface area contributed by atoms with Crippen LogP contribution in [0.1, 0.15) is 10.4 Å². The van der Waals surface area contributed by atoms with Gasteiger partial charge in [0.1, 0.15) is 32.6 Å². The fourth-order valence-corrected chi connectivity index (χ4v) is 3.76. The third-order valence-electron chi connectivity index (χ3n) is 4.36. The standard InChI is InChI=1S/C19H13BrClFN4O2/c1-25-9-23-15(18(25)21)11-4-3-5-12(22)14(11)16-17(20)26-7-6-10(19(27)28-2)8-13(26)24-16/h3-9H,1-2H3. The molecule has 9 heteroatoms. The van der Waals surface area contributed by atoms with E-state index in [1.807, 2.05) is 0 Å². The summed E-state index contributed by atoms with van der Waals surface area (Å²) in [5, 5.41) is 0.389. The number of carbonyl (C=O) groups is 1. The van der Waals surface area contributed by atoms with Crippen LogP contribution in [0.25, 0.3) is 28.2 Å². The highest BCUT2D eigenvalue weighted by Crippen LogP contribution is 2.39. The van der Waals surface area contributed by atoms with E-state index in [0.717, 1.165) is 0 Å². The summed E-state index contributed by atoms with van der Waals surface area (Å²) in [6, 6.07) is 7.87. The number of pyridine rings is 1. The Labute approximate surface area is 172 Å². The molecule has 0 aliphatic carbocycles. The molecule has 0 spiro atoms. The third-order valence-corrected chi connectivity index (χ3v) is 5.56. The van der Waals surface area contributed by atoms with Crippen LogP contribution in [0.2, 0.25) is 5.15 Å². The van der Waals surface area contributed by atoms with Gasteiger partial charge in [-0.3, -0.25) is 4.40 Å². The molecule has 4 rings (SSSR count). The number of esters is 1. The van der Waals surface area contributed by atoms with Crippen molar-refractivity contribution in [3.63, 3.8) is 0 Å². The van der Waals surface area contributed by atoms with Crippen molar-refractivity contribution >= 4 is 39.1 Å². The average Bonchev–Trinajstić information content (AvgIpc) is 3.20. The molecule has 0 fully saturated rings. The van der Waals surface area contributed by atoms with Gasteiger partial charge in [0.05, 0.1) is 19.0 Å². The summed E-state index contributed by atoms with van der Waals surface area (Å²) in [4.78, 5) is 20.6. The Morgan fingerprint density at radius 2 is 2.07 bits per heavy atom. The first kappa shape index (κ1) is 18.6. The van der Waals surface area contributed by atoms with Gasteiger partial charge >= 0.3 is 5.97 Å². The quantitative estimate of drug-likeness (QED) is 0.412. The molecule has 0 saturated carbocycles. The first-order chi connectivity index (χ1) is 13.4. The fourth-order valence-electron chi connectivity index (χ4n) is 2.98. The van der Waals surface area contributed by atoms with Crippen molar-refractivity contribution in [3.8, 4) is 22.5 Å². The Kier molecular flexibility index (Phi) is 4.68. The van der Waals surface area contributed by atoms with Crippen molar-refractivity contribution in [1.29, 1.82) is 0 Å². The predicted molar refractivity (Wildman–Crippen MR) is 107 cm³/mol. The summed E-state index contributed by atoms with van der Waals surface area (Å²) >= 11 is 9.83. The fraction of sp³-hybridized carbons (Fsp3) is 0.105. The van der Waals surface area contributed by atoms with Crippen LogP contribution in [-0.2, 0) is 11.8 Å². The number of rotatable bonds is 3. The van der Waals surface area contributed by atoms with Crippen LogP contribution in [0.5, 0.6) is 0 Å². The molecule has 0 radical (unpaired) electrons. The summed E-state index contributed by atoms with van der Waals surface area (Å²) in [5.74, 6) is -0.938. The van der Waals surface area contributed by atoms with Crippen LogP contribution in [0.3, 0.4) is 0 Å². The number of benzene rings is 1. The van der Waals surface area contributed by atoms with Crippen molar-refractivity contribution in [2.75, 3.05) is 7.11 Å². The van der Waals surface area contributed by atoms with Crippen molar-refractivity contribution in [2.45, 2.75) is 0 Å². The lowest BCUT2D eigenvalue weighted by atomic mass is 10.0. The number of aromatic nitrogens is 4. The van der Waals surface area contributed by atoms with Gasteiger partial charge in [-0.1, -0.05) is 23.7 Å². The van der Waals surface area contributed by atoms with E-state index in [2.05, 4.69) is 25.9 Å². The Hall–Kier alpha value is -2.71. The van der Waals surface area contributed by atoms with E-state index < -0.39 is 11.8 Å². The molecular weight excluding hydrogens is 451 g/mol. The molecule has 0 unspecified atom stereocenters. The van der Waals surface area contributed by atoms with E-state index in [0.29, 0.717) is 37.9 Å². The average molecular weight is 464 g/mol. The van der Waals surface area contributed by atoms with Crippen LogP contribution in [-0.4, -0.2) is 32.0 Å². The van der Waals surface area contributed by atoms with Crippen LogP contribution < -0.4 is 0 Å². The van der Waals surface area contributed by atoms with Gasteiger partial charge in [0.25, 0.3) is 0 Å². The maximum absolute atomic E-state index is 14.9. The van der Waals surface area contributed by atoms with Gasteiger partial charge in [-0.25, -0.2) is 19.2 Å². The molecule has 0 amide bonds. The molecule has 0 saturated heterocycles. The van der Waals surface area contributed by atoms with Crippen molar-refractivity contribution in [1.82, 2.24) is 18.9 Å². The first-order valence-electron chi connectivity index (χ1n) is 8.14. The minimum absolute atomic E-state index is 0.262. The zero-order valence-electron chi connectivity index (χ0n) is 14.8. The summed E-state index contributed by atoms with van der Waals surface area (Å²) in [5.41, 5.74) is 2.42. The lowest BCUT2D eigenvalue weighted by Crippen LogP contribution is -2.01. The summed E-state index contributed by atoms with van der Waals surface area (Å²) in [7, 11) is 3.06. The normalized spacial score (nSPS) is 11.2. The Balaban J connectivity index is 1.97. The van der Waals surface area contributed by atoms with Gasteiger partial charge < -0.3 is 9.30 Å².